The van der Waals surface area contributed by atoms with Gasteiger partial charge in [-0.3, -0.25) is 18.8 Å². The van der Waals surface area contributed by atoms with E-state index >= 15 is 0 Å². The normalized spacial score (nSPS) is 10.9. The van der Waals surface area contributed by atoms with Crippen molar-refractivity contribution < 1.29 is 14.0 Å². The summed E-state index contributed by atoms with van der Waals surface area (Å²) in [6.07, 6.45) is 0.0572. The second-order valence-electron chi connectivity index (χ2n) is 6.23. The molecule has 0 fully saturated rings. The number of hydrogen-bond acceptors (Lipinski definition) is 5. The Morgan fingerprint density at radius 3 is 2.63 bits per heavy atom. The summed E-state index contributed by atoms with van der Waals surface area (Å²) in [5.74, 6) is -1.18. The molecule has 142 valence electrons. The summed E-state index contributed by atoms with van der Waals surface area (Å²) in [5.41, 5.74) is 3.30. The highest BCUT2D eigenvalue weighted by Gasteiger charge is 2.14. The molecule has 0 spiro atoms. The Kier molecular flexibility index (Phi) is 5.11. The molecule has 0 aliphatic heterocycles. The predicted octanol–water partition coefficient (Wildman–Crippen LogP) is 1.09. The number of rotatable bonds is 6. The van der Waals surface area contributed by atoms with Gasteiger partial charge in [-0.1, -0.05) is 12.1 Å². The first kappa shape index (κ1) is 18.4. The van der Waals surface area contributed by atoms with Crippen LogP contribution < -0.4 is 16.4 Å². The molecule has 0 unspecified atom stereocenters. The molecule has 3 rings (SSSR count). The number of amides is 2. The highest BCUT2D eigenvalue weighted by molar-refractivity contribution is 5.95. The number of hydrogen-bond donors (Lipinski definition) is 2. The number of nitrogens with zero attached hydrogens (tertiary/aromatic N) is 3. The van der Waals surface area contributed by atoms with Gasteiger partial charge >= 0.3 is 5.76 Å². The molecule has 0 bridgehead atoms. The van der Waals surface area contributed by atoms with Crippen molar-refractivity contribution in [3.63, 3.8) is 0 Å². The Balaban J connectivity index is 1.53. The van der Waals surface area contributed by atoms with Gasteiger partial charge in [0.1, 0.15) is 0 Å². The molecule has 9 heteroatoms. The molecular weight excluding hydrogens is 350 g/mol. The zero-order valence-corrected chi connectivity index (χ0v) is 15.4. The van der Waals surface area contributed by atoms with E-state index in [0.29, 0.717) is 22.5 Å². The van der Waals surface area contributed by atoms with E-state index in [1.54, 1.807) is 42.9 Å². The Labute approximate surface area is 155 Å². The Bertz CT molecular complexity index is 1060. The number of oxazole rings is 1. The van der Waals surface area contributed by atoms with Crippen molar-refractivity contribution in [2.24, 2.45) is 7.05 Å². The third-order valence-electron chi connectivity index (χ3n) is 4.36. The Morgan fingerprint density at radius 1 is 1.19 bits per heavy atom. The number of nitrogens with one attached hydrogen (secondary N) is 2. The van der Waals surface area contributed by atoms with Gasteiger partial charge in [-0.15, -0.1) is 0 Å². The second kappa shape index (κ2) is 7.48. The van der Waals surface area contributed by atoms with Crippen LogP contribution >= 0.6 is 0 Å². The summed E-state index contributed by atoms with van der Waals surface area (Å²) in [6, 6.07) is 7.01. The zero-order valence-electron chi connectivity index (χ0n) is 15.4. The van der Waals surface area contributed by atoms with Crippen LogP contribution in [0.1, 0.15) is 17.8 Å². The first-order valence-corrected chi connectivity index (χ1v) is 8.52. The van der Waals surface area contributed by atoms with Gasteiger partial charge in [0.15, 0.2) is 5.58 Å². The van der Waals surface area contributed by atoms with Gasteiger partial charge in [0, 0.05) is 20.0 Å². The summed E-state index contributed by atoms with van der Waals surface area (Å²) in [6.45, 7) is 3.66. The van der Waals surface area contributed by atoms with Crippen LogP contribution in [-0.2, 0) is 23.2 Å². The van der Waals surface area contributed by atoms with Crippen molar-refractivity contribution in [2.45, 2.75) is 26.8 Å². The van der Waals surface area contributed by atoms with Crippen molar-refractivity contribution >= 4 is 28.6 Å². The average Bonchev–Trinajstić information content (AvgIpc) is 3.08. The fourth-order valence-corrected chi connectivity index (χ4v) is 2.84. The molecule has 0 aliphatic carbocycles. The molecule has 2 aromatic heterocycles. The van der Waals surface area contributed by atoms with Crippen LogP contribution in [0.15, 0.2) is 33.5 Å². The lowest BCUT2D eigenvalue weighted by Gasteiger charge is -2.08. The Hall–Kier alpha value is -3.36. The molecule has 9 nitrogen and oxygen atoms in total. The minimum Gasteiger partial charge on any atom is -0.408 e. The van der Waals surface area contributed by atoms with Crippen molar-refractivity contribution in [3.8, 4) is 0 Å². The molecule has 2 heterocycles. The summed E-state index contributed by atoms with van der Waals surface area (Å²) in [5, 5.41) is 9.53. The number of carbonyl (C=O) groups excluding carboxylic acids is 2. The van der Waals surface area contributed by atoms with Gasteiger partial charge in [-0.25, -0.2) is 4.79 Å². The van der Waals surface area contributed by atoms with Gasteiger partial charge in [-0.2, -0.15) is 5.10 Å². The molecule has 3 aromatic rings. The Morgan fingerprint density at radius 2 is 1.93 bits per heavy atom. The lowest BCUT2D eigenvalue weighted by atomic mass is 10.3. The summed E-state index contributed by atoms with van der Waals surface area (Å²) >= 11 is 0. The molecule has 2 amide bonds. The van der Waals surface area contributed by atoms with Crippen LogP contribution in [0.3, 0.4) is 0 Å². The minimum absolute atomic E-state index is 0.0572. The molecule has 0 saturated carbocycles. The first-order valence-electron chi connectivity index (χ1n) is 8.52. The van der Waals surface area contributed by atoms with Gasteiger partial charge < -0.3 is 15.1 Å². The van der Waals surface area contributed by atoms with Crippen LogP contribution in [0.5, 0.6) is 0 Å². The molecule has 27 heavy (non-hydrogen) atoms. The van der Waals surface area contributed by atoms with E-state index in [9.17, 15) is 14.4 Å². The van der Waals surface area contributed by atoms with E-state index in [1.165, 1.54) is 4.57 Å². The SMILES string of the molecule is Cc1nn(C)c(C)c1NC(=O)CNC(=O)CCn1c(=O)oc2ccccc21. The number of aromatic nitrogens is 3. The van der Waals surface area contributed by atoms with E-state index in [0.717, 1.165) is 5.69 Å². The molecule has 0 radical (unpaired) electrons. The molecule has 0 aliphatic rings. The zero-order chi connectivity index (χ0) is 19.6. The lowest BCUT2D eigenvalue weighted by Crippen LogP contribution is -2.33. The summed E-state index contributed by atoms with van der Waals surface area (Å²) < 4.78 is 8.20. The predicted molar refractivity (Wildman–Crippen MR) is 99.4 cm³/mol. The maximum absolute atomic E-state index is 12.1. The largest absolute Gasteiger partial charge is 0.419 e. The van der Waals surface area contributed by atoms with Crippen LogP contribution in [0.2, 0.25) is 0 Å². The molecule has 0 saturated heterocycles. The van der Waals surface area contributed by atoms with Gasteiger partial charge in [0.25, 0.3) is 0 Å². The van der Waals surface area contributed by atoms with E-state index in [4.69, 9.17) is 4.42 Å². The van der Waals surface area contributed by atoms with Gasteiger partial charge in [-0.05, 0) is 26.0 Å². The average molecular weight is 371 g/mol. The lowest BCUT2D eigenvalue weighted by molar-refractivity contribution is -0.124. The molecular formula is C18H21N5O4. The minimum atomic E-state index is -0.510. The quantitative estimate of drug-likeness (QED) is 0.674. The maximum Gasteiger partial charge on any atom is 0.419 e. The van der Waals surface area contributed by atoms with Crippen LogP contribution in [-0.4, -0.2) is 32.7 Å². The summed E-state index contributed by atoms with van der Waals surface area (Å²) in [4.78, 5) is 36.0. The number of carbonyl (C=O) groups is 2. The van der Waals surface area contributed by atoms with Crippen molar-refractivity contribution in [1.82, 2.24) is 19.7 Å². The fraction of sp³-hybridized carbons (Fsp3) is 0.333. The highest BCUT2D eigenvalue weighted by Crippen LogP contribution is 2.17. The fourth-order valence-electron chi connectivity index (χ4n) is 2.84. The third-order valence-corrected chi connectivity index (χ3v) is 4.36. The number of para-hydroxylation sites is 2. The molecule has 0 atom stereocenters. The van der Waals surface area contributed by atoms with Crippen LogP contribution in [0.25, 0.3) is 11.1 Å². The first-order chi connectivity index (χ1) is 12.9. The monoisotopic (exact) mass is 371 g/mol. The third kappa shape index (κ3) is 3.91. The van der Waals surface area contributed by atoms with Crippen molar-refractivity contribution in [2.75, 3.05) is 11.9 Å². The number of benzene rings is 1. The topological polar surface area (TPSA) is 111 Å². The van der Waals surface area contributed by atoms with Gasteiger partial charge in [0.2, 0.25) is 11.8 Å². The van der Waals surface area contributed by atoms with Gasteiger partial charge in [0.05, 0.1) is 29.1 Å². The number of aryl methyl sites for hydroxylation is 3. The van der Waals surface area contributed by atoms with E-state index < -0.39 is 5.76 Å². The molecule has 2 N–H and O–H groups in total. The van der Waals surface area contributed by atoms with Crippen molar-refractivity contribution in [3.05, 3.63) is 46.2 Å². The second-order valence-corrected chi connectivity index (χ2v) is 6.23. The maximum atomic E-state index is 12.1. The standard InChI is InChI=1S/C18H21N5O4/c1-11-17(12(2)22(3)21-11)20-16(25)10-19-15(24)8-9-23-13-6-4-5-7-14(13)27-18(23)26/h4-7H,8-10H2,1-3H3,(H,19,24)(H,20,25). The number of fused-ring (bicyclic) bond motifs is 1. The van der Waals surface area contributed by atoms with Crippen LogP contribution in [0, 0.1) is 13.8 Å². The van der Waals surface area contributed by atoms with Crippen LogP contribution in [0.4, 0.5) is 5.69 Å². The smallest absolute Gasteiger partial charge is 0.408 e. The highest BCUT2D eigenvalue weighted by atomic mass is 16.4. The van der Waals surface area contributed by atoms with E-state index in [-0.39, 0.29) is 31.3 Å². The number of anilines is 1. The van der Waals surface area contributed by atoms with E-state index in [2.05, 4.69) is 15.7 Å². The van der Waals surface area contributed by atoms with E-state index in [1.807, 2.05) is 6.92 Å². The van der Waals surface area contributed by atoms with Crippen molar-refractivity contribution in [1.29, 1.82) is 0 Å². The molecule has 1 aromatic carbocycles. The summed E-state index contributed by atoms with van der Waals surface area (Å²) in [7, 11) is 1.79.